The number of carbonyl (C=O) groups excluding carboxylic acids is 1. The third-order valence-electron chi connectivity index (χ3n) is 5.66. The first-order valence-corrected chi connectivity index (χ1v) is 11.1. The summed E-state index contributed by atoms with van der Waals surface area (Å²) < 4.78 is 23.2. The van der Waals surface area contributed by atoms with Crippen LogP contribution in [0, 0.1) is 6.92 Å². The van der Waals surface area contributed by atoms with Crippen LogP contribution in [0.5, 0.6) is 0 Å². The average molecular weight is 400 g/mol. The van der Waals surface area contributed by atoms with Crippen LogP contribution >= 0.6 is 0 Å². The van der Waals surface area contributed by atoms with E-state index in [1.807, 2.05) is 6.92 Å². The second kappa shape index (κ2) is 7.31. The van der Waals surface area contributed by atoms with Gasteiger partial charge in [-0.25, -0.2) is 13.6 Å². The zero-order valence-electron chi connectivity index (χ0n) is 15.9. The van der Waals surface area contributed by atoms with E-state index in [2.05, 4.69) is 34.5 Å². The van der Waals surface area contributed by atoms with E-state index in [0.717, 1.165) is 31.2 Å². The molecule has 7 heteroatoms. The van der Waals surface area contributed by atoms with Crippen LogP contribution in [0.1, 0.15) is 42.0 Å². The van der Waals surface area contributed by atoms with Crippen LogP contribution < -0.4 is 10.5 Å². The van der Waals surface area contributed by atoms with Gasteiger partial charge in [-0.05, 0) is 61.4 Å². The molecule has 148 valence electrons. The molecule has 0 bridgehead atoms. The molecule has 1 unspecified atom stereocenters. The Morgan fingerprint density at radius 3 is 2.64 bits per heavy atom. The summed E-state index contributed by atoms with van der Waals surface area (Å²) in [5.74, 6) is -0.133. The maximum Gasteiger partial charge on any atom is 0.238 e. The fraction of sp³-hybridized carbons (Fsp3) is 0.381. The van der Waals surface area contributed by atoms with E-state index < -0.39 is 10.0 Å². The molecule has 2 aromatic carbocycles. The Morgan fingerprint density at radius 1 is 1.18 bits per heavy atom. The summed E-state index contributed by atoms with van der Waals surface area (Å²) in [6.07, 6.45) is 4.31. The fourth-order valence-electron chi connectivity index (χ4n) is 4.05. The number of carbonyl (C=O) groups is 1. The van der Waals surface area contributed by atoms with Gasteiger partial charge in [0.15, 0.2) is 0 Å². The quantitative estimate of drug-likeness (QED) is 0.781. The van der Waals surface area contributed by atoms with Crippen LogP contribution in [0.3, 0.4) is 0 Å². The lowest BCUT2D eigenvalue weighted by Crippen LogP contribution is -2.37. The van der Waals surface area contributed by atoms with Gasteiger partial charge in [-0.1, -0.05) is 30.3 Å². The van der Waals surface area contributed by atoms with Gasteiger partial charge in [0.25, 0.3) is 0 Å². The largest absolute Gasteiger partial charge is 0.325 e. The van der Waals surface area contributed by atoms with E-state index in [1.165, 1.54) is 23.3 Å². The van der Waals surface area contributed by atoms with Crippen molar-refractivity contribution in [2.24, 2.45) is 5.14 Å². The fourth-order valence-corrected chi connectivity index (χ4v) is 4.59. The van der Waals surface area contributed by atoms with Crippen molar-refractivity contribution in [3.8, 4) is 0 Å². The van der Waals surface area contributed by atoms with Crippen molar-refractivity contribution in [1.29, 1.82) is 0 Å². The number of hydrogen-bond donors (Lipinski definition) is 2. The normalized spacial score (nSPS) is 18.9. The lowest BCUT2D eigenvalue weighted by Gasteiger charge is -2.29. The Morgan fingerprint density at radius 2 is 1.93 bits per heavy atom. The van der Waals surface area contributed by atoms with Crippen molar-refractivity contribution in [2.75, 3.05) is 11.9 Å². The zero-order valence-corrected chi connectivity index (χ0v) is 16.7. The zero-order chi connectivity index (χ0) is 19.9. The first kappa shape index (κ1) is 19.1. The predicted molar refractivity (Wildman–Crippen MR) is 108 cm³/mol. The van der Waals surface area contributed by atoms with Gasteiger partial charge in [0.1, 0.15) is 0 Å². The summed E-state index contributed by atoms with van der Waals surface area (Å²) in [5, 5.41) is 8.10. The van der Waals surface area contributed by atoms with E-state index in [4.69, 9.17) is 5.14 Å². The van der Waals surface area contributed by atoms with Gasteiger partial charge in [0, 0.05) is 17.8 Å². The van der Waals surface area contributed by atoms with Crippen LogP contribution in [-0.2, 0) is 21.2 Å². The molecule has 0 spiro atoms. The van der Waals surface area contributed by atoms with Gasteiger partial charge in [-0.3, -0.25) is 9.69 Å². The predicted octanol–water partition coefficient (Wildman–Crippen LogP) is 2.73. The number of benzene rings is 2. The first-order valence-electron chi connectivity index (χ1n) is 9.60. The monoisotopic (exact) mass is 399 g/mol. The average Bonchev–Trinajstić information content (AvgIpc) is 3.40. The van der Waals surface area contributed by atoms with E-state index >= 15 is 0 Å². The molecule has 0 aromatic heterocycles. The van der Waals surface area contributed by atoms with Gasteiger partial charge in [-0.2, -0.15) is 0 Å². The number of rotatable bonds is 6. The number of amides is 1. The molecule has 2 aliphatic rings. The van der Waals surface area contributed by atoms with E-state index in [1.54, 1.807) is 6.07 Å². The molecular formula is C21H25N3O3S. The summed E-state index contributed by atoms with van der Waals surface area (Å²) in [7, 11) is -3.81. The maximum atomic E-state index is 12.8. The molecule has 0 saturated heterocycles. The number of hydrogen-bond acceptors (Lipinski definition) is 4. The molecule has 0 aliphatic heterocycles. The van der Waals surface area contributed by atoms with Gasteiger partial charge in [0.05, 0.1) is 11.4 Å². The smallest absolute Gasteiger partial charge is 0.238 e. The van der Waals surface area contributed by atoms with Crippen LogP contribution in [0.4, 0.5) is 5.69 Å². The molecule has 28 heavy (non-hydrogen) atoms. The minimum absolute atomic E-state index is 0.00262. The third-order valence-corrected chi connectivity index (χ3v) is 6.57. The Hall–Kier alpha value is -2.22. The highest BCUT2D eigenvalue weighted by Crippen LogP contribution is 2.41. The highest BCUT2D eigenvalue weighted by Gasteiger charge is 2.38. The first-order chi connectivity index (χ1) is 13.3. The maximum absolute atomic E-state index is 12.8. The van der Waals surface area contributed by atoms with Crippen molar-refractivity contribution >= 4 is 21.6 Å². The van der Waals surface area contributed by atoms with E-state index in [-0.39, 0.29) is 16.8 Å². The van der Waals surface area contributed by atoms with Crippen molar-refractivity contribution in [3.63, 3.8) is 0 Å². The summed E-state index contributed by atoms with van der Waals surface area (Å²) in [4.78, 5) is 15.1. The lowest BCUT2D eigenvalue weighted by atomic mass is 10.1. The summed E-state index contributed by atoms with van der Waals surface area (Å²) in [5.41, 5.74) is 3.98. The number of aryl methyl sites for hydroxylation is 2. The Balaban J connectivity index is 1.51. The Kier molecular flexibility index (Phi) is 4.99. The topological polar surface area (TPSA) is 92.5 Å². The molecule has 2 aromatic rings. The molecule has 0 heterocycles. The molecule has 4 rings (SSSR count). The number of sulfonamides is 1. The summed E-state index contributed by atoms with van der Waals surface area (Å²) >= 11 is 0. The van der Waals surface area contributed by atoms with Gasteiger partial charge >= 0.3 is 0 Å². The summed E-state index contributed by atoms with van der Waals surface area (Å²) in [6, 6.07) is 13.7. The minimum atomic E-state index is -3.81. The second-order valence-electron chi connectivity index (χ2n) is 7.73. The molecule has 1 saturated carbocycles. The van der Waals surface area contributed by atoms with Crippen molar-refractivity contribution in [2.45, 2.75) is 49.6 Å². The van der Waals surface area contributed by atoms with Gasteiger partial charge in [-0.15, -0.1) is 0 Å². The van der Waals surface area contributed by atoms with Gasteiger partial charge < -0.3 is 5.32 Å². The van der Waals surface area contributed by atoms with Crippen LogP contribution in [-0.4, -0.2) is 31.8 Å². The highest BCUT2D eigenvalue weighted by molar-refractivity contribution is 7.89. The second-order valence-corrected chi connectivity index (χ2v) is 9.29. The number of primary sulfonamides is 1. The van der Waals surface area contributed by atoms with Crippen molar-refractivity contribution in [3.05, 3.63) is 59.2 Å². The molecule has 1 fully saturated rings. The van der Waals surface area contributed by atoms with Crippen molar-refractivity contribution < 1.29 is 13.2 Å². The molecule has 3 N–H and O–H groups in total. The molecule has 2 aliphatic carbocycles. The molecule has 1 amide bonds. The Bertz CT molecular complexity index is 1020. The van der Waals surface area contributed by atoms with Crippen molar-refractivity contribution in [1.82, 2.24) is 4.90 Å². The van der Waals surface area contributed by atoms with Gasteiger partial charge in [0.2, 0.25) is 15.9 Å². The molecule has 1 atom stereocenters. The Labute approximate surface area is 165 Å². The minimum Gasteiger partial charge on any atom is -0.325 e. The number of nitrogens with one attached hydrogen (secondary N) is 1. The van der Waals surface area contributed by atoms with E-state index in [0.29, 0.717) is 18.3 Å². The standard InChI is InChI=1S/C21H25N3O3S/c1-14-6-10-17(28(22,26)27)12-19(14)23-21(25)13-24(16-8-9-16)20-11-7-15-4-2-3-5-18(15)20/h2-6,10,12,16,20H,7-9,11,13H2,1H3,(H,23,25)(H2,22,26,27). The highest BCUT2D eigenvalue weighted by atomic mass is 32.2. The van der Waals surface area contributed by atoms with Crippen LogP contribution in [0.25, 0.3) is 0 Å². The summed E-state index contributed by atoms with van der Waals surface area (Å²) in [6.45, 7) is 2.12. The van der Waals surface area contributed by atoms with Crippen LogP contribution in [0.15, 0.2) is 47.4 Å². The molecule has 0 radical (unpaired) electrons. The van der Waals surface area contributed by atoms with E-state index in [9.17, 15) is 13.2 Å². The number of anilines is 1. The molecular weight excluding hydrogens is 374 g/mol. The number of fused-ring (bicyclic) bond motifs is 1. The third kappa shape index (κ3) is 3.97. The SMILES string of the molecule is Cc1ccc(S(N)(=O)=O)cc1NC(=O)CN(C1CC1)C1CCc2ccccc21. The van der Waals surface area contributed by atoms with Crippen LogP contribution in [0.2, 0.25) is 0 Å². The molecule has 6 nitrogen and oxygen atoms in total. The number of nitrogens with two attached hydrogens (primary N) is 1. The number of nitrogens with zero attached hydrogens (tertiary/aromatic N) is 1. The lowest BCUT2D eigenvalue weighted by molar-refractivity contribution is -0.118.